The number of aryl methyl sites for hydroxylation is 2. The number of carbonyl (C=O) groups is 2. The highest BCUT2D eigenvalue weighted by atomic mass is 16.1. The van der Waals surface area contributed by atoms with Crippen LogP contribution in [0.5, 0.6) is 0 Å². The van der Waals surface area contributed by atoms with Gasteiger partial charge in [-0.15, -0.1) is 0 Å². The molecule has 1 heterocycles. The van der Waals surface area contributed by atoms with Crippen molar-refractivity contribution >= 4 is 11.7 Å². The second-order valence-electron chi connectivity index (χ2n) is 8.54. The molecular weight excluding hydrogens is 336 g/mol. The van der Waals surface area contributed by atoms with E-state index in [4.69, 9.17) is 5.73 Å². The molecular formula is C23H34N2O2. The maximum atomic E-state index is 12.8. The quantitative estimate of drug-likeness (QED) is 0.783. The van der Waals surface area contributed by atoms with Crippen LogP contribution >= 0.6 is 0 Å². The molecule has 1 atom stereocenters. The third-order valence-corrected chi connectivity index (χ3v) is 6.52. The topological polar surface area (TPSA) is 73.1 Å². The average Bonchev–Trinajstić information content (AvgIpc) is 2.78. The molecule has 0 saturated heterocycles. The number of nitrogens with two attached hydrogens (primary N) is 1. The van der Waals surface area contributed by atoms with Crippen molar-refractivity contribution in [1.82, 2.24) is 4.98 Å². The lowest BCUT2D eigenvalue weighted by atomic mass is 9.84. The SMILES string of the molecule is NC(=O)c1cnc2c(c1)CCCC(C(=O)CCCC1CCCCC1)CCC2. The van der Waals surface area contributed by atoms with E-state index < -0.39 is 5.91 Å². The van der Waals surface area contributed by atoms with E-state index in [1.165, 1.54) is 38.5 Å². The number of nitrogens with zero attached hydrogens (tertiary/aromatic N) is 1. The molecule has 1 aromatic rings. The third kappa shape index (κ3) is 5.88. The van der Waals surface area contributed by atoms with E-state index in [-0.39, 0.29) is 5.92 Å². The van der Waals surface area contributed by atoms with Gasteiger partial charge in [-0.2, -0.15) is 0 Å². The van der Waals surface area contributed by atoms with Crippen LogP contribution in [0.2, 0.25) is 0 Å². The van der Waals surface area contributed by atoms with Crippen LogP contribution in [0.3, 0.4) is 0 Å². The maximum Gasteiger partial charge on any atom is 0.250 e. The number of primary amides is 1. The Morgan fingerprint density at radius 1 is 1.00 bits per heavy atom. The monoisotopic (exact) mass is 370 g/mol. The van der Waals surface area contributed by atoms with E-state index in [0.29, 0.717) is 11.3 Å². The van der Waals surface area contributed by atoms with Gasteiger partial charge >= 0.3 is 0 Å². The summed E-state index contributed by atoms with van der Waals surface area (Å²) in [5.74, 6) is 1.13. The van der Waals surface area contributed by atoms with Crippen LogP contribution in [-0.2, 0) is 17.6 Å². The molecule has 27 heavy (non-hydrogen) atoms. The highest BCUT2D eigenvalue weighted by molar-refractivity contribution is 5.92. The van der Waals surface area contributed by atoms with Crippen molar-refractivity contribution in [3.05, 3.63) is 29.1 Å². The minimum atomic E-state index is -0.420. The molecule has 0 aliphatic heterocycles. The minimum Gasteiger partial charge on any atom is -0.366 e. The van der Waals surface area contributed by atoms with Crippen molar-refractivity contribution in [2.75, 3.05) is 0 Å². The summed E-state index contributed by atoms with van der Waals surface area (Å²) in [6.07, 6.45) is 17.3. The number of hydrogen-bond acceptors (Lipinski definition) is 3. The molecule has 148 valence electrons. The Labute approximate surface area is 163 Å². The van der Waals surface area contributed by atoms with Gasteiger partial charge in [0.2, 0.25) is 5.91 Å². The third-order valence-electron chi connectivity index (χ3n) is 6.52. The van der Waals surface area contributed by atoms with Crippen molar-refractivity contribution in [1.29, 1.82) is 0 Å². The van der Waals surface area contributed by atoms with Crippen molar-refractivity contribution in [2.45, 2.75) is 89.9 Å². The van der Waals surface area contributed by atoms with E-state index in [1.54, 1.807) is 6.20 Å². The van der Waals surface area contributed by atoms with Crippen LogP contribution in [0.25, 0.3) is 0 Å². The summed E-state index contributed by atoms with van der Waals surface area (Å²) in [5, 5.41) is 0. The van der Waals surface area contributed by atoms with Gasteiger partial charge < -0.3 is 5.73 Å². The minimum absolute atomic E-state index is 0.210. The molecule has 1 saturated carbocycles. The van der Waals surface area contributed by atoms with Crippen molar-refractivity contribution < 1.29 is 9.59 Å². The molecule has 0 radical (unpaired) electrons. The molecule has 1 fully saturated rings. The second-order valence-corrected chi connectivity index (χ2v) is 8.54. The van der Waals surface area contributed by atoms with Gasteiger partial charge in [-0.3, -0.25) is 14.6 Å². The zero-order chi connectivity index (χ0) is 19.1. The summed E-state index contributed by atoms with van der Waals surface area (Å²) in [6, 6.07) is 1.90. The Balaban J connectivity index is 1.49. The fourth-order valence-electron chi connectivity index (χ4n) is 4.88. The van der Waals surface area contributed by atoms with Crippen LogP contribution in [-0.4, -0.2) is 16.7 Å². The summed E-state index contributed by atoms with van der Waals surface area (Å²) >= 11 is 0. The normalized spacial score (nSPS) is 21.6. The molecule has 2 N–H and O–H groups in total. The number of Topliss-reactive ketones (excluding diaryl/α,β-unsaturated/α-hetero) is 1. The first-order chi connectivity index (χ1) is 13.1. The van der Waals surface area contributed by atoms with Gasteiger partial charge in [-0.25, -0.2) is 0 Å². The highest BCUT2D eigenvalue weighted by Gasteiger charge is 2.21. The zero-order valence-corrected chi connectivity index (χ0v) is 16.5. The van der Waals surface area contributed by atoms with Gasteiger partial charge in [0.15, 0.2) is 0 Å². The molecule has 1 amide bonds. The lowest BCUT2D eigenvalue weighted by Crippen LogP contribution is -2.15. The zero-order valence-electron chi connectivity index (χ0n) is 16.5. The number of ketones is 1. The van der Waals surface area contributed by atoms with Crippen molar-refractivity contribution in [2.24, 2.45) is 17.6 Å². The van der Waals surface area contributed by atoms with Gasteiger partial charge in [-0.1, -0.05) is 38.5 Å². The summed E-state index contributed by atoms with van der Waals surface area (Å²) in [5.41, 5.74) is 8.09. The Bertz CT molecular complexity index is 650. The van der Waals surface area contributed by atoms with Gasteiger partial charge in [0.25, 0.3) is 0 Å². The first-order valence-electron chi connectivity index (χ1n) is 10.9. The Hall–Kier alpha value is -1.71. The van der Waals surface area contributed by atoms with Gasteiger partial charge in [0.1, 0.15) is 5.78 Å². The molecule has 2 aliphatic rings. The molecule has 4 nitrogen and oxygen atoms in total. The molecule has 0 spiro atoms. The number of pyridine rings is 1. The molecule has 1 aromatic heterocycles. The maximum absolute atomic E-state index is 12.8. The summed E-state index contributed by atoms with van der Waals surface area (Å²) < 4.78 is 0. The summed E-state index contributed by atoms with van der Waals surface area (Å²) in [6.45, 7) is 0. The lowest BCUT2D eigenvalue weighted by Gasteiger charge is -2.21. The summed E-state index contributed by atoms with van der Waals surface area (Å²) in [7, 11) is 0. The molecule has 1 unspecified atom stereocenters. The molecule has 2 aliphatic carbocycles. The molecule has 4 heteroatoms. The van der Waals surface area contributed by atoms with E-state index in [0.717, 1.165) is 68.5 Å². The Morgan fingerprint density at radius 2 is 1.74 bits per heavy atom. The molecule has 3 rings (SSSR count). The van der Waals surface area contributed by atoms with Crippen LogP contribution in [0.15, 0.2) is 12.3 Å². The van der Waals surface area contributed by atoms with E-state index in [1.807, 2.05) is 6.07 Å². The number of aromatic nitrogens is 1. The number of amides is 1. The van der Waals surface area contributed by atoms with Crippen molar-refractivity contribution in [3.8, 4) is 0 Å². The lowest BCUT2D eigenvalue weighted by molar-refractivity contribution is -0.123. The first kappa shape index (κ1) is 20.0. The van der Waals surface area contributed by atoms with Crippen LogP contribution in [0.1, 0.15) is 98.7 Å². The largest absolute Gasteiger partial charge is 0.366 e. The number of rotatable bonds is 6. The fraction of sp³-hybridized carbons (Fsp3) is 0.696. The van der Waals surface area contributed by atoms with E-state index in [2.05, 4.69) is 4.98 Å². The van der Waals surface area contributed by atoms with E-state index >= 15 is 0 Å². The smallest absolute Gasteiger partial charge is 0.250 e. The predicted molar refractivity (Wildman–Crippen MR) is 108 cm³/mol. The van der Waals surface area contributed by atoms with Crippen molar-refractivity contribution in [3.63, 3.8) is 0 Å². The Kier molecular flexibility index (Phi) is 7.42. The number of fused-ring (bicyclic) bond motifs is 1. The van der Waals surface area contributed by atoms with E-state index in [9.17, 15) is 9.59 Å². The number of carbonyl (C=O) groups excluding carboxylic acids is 2. The summed E-state index contributed by atoms with van der Waals surface area (Å²) in [4.78, 5) is 28.6. The highest BCUT2D eigenvalue weighted by Crippen LogP contribution is 2.29. The molecule has 0 bridgehead atoms. The Morgan fingerprint density at radius 3 is 2.48 bits per heavy atom. The predicted octanol–water partition coefficient (Wildman–Crippen LogP) is 4.78. The van der Waals surface area contributed by atoms with Crippen LogP contribution < -0.4 is 5.73 Å². The standard InChI is InChI=1S/C23H34N2O2/c24-23(27)20-15-19-12-5-10-18(11-6-13-21(19)25-16-20)22(26)14-4-9-17-7-2-1-3-8-17/h15-18H,1-14H2,(H2,24,27). The second kappa shape index (κ2) is 10.0. The van der Waals surface area contributed by atoms with Crippen LogP contribution in [0.4, 0.5) is 0 Å². The van der Waals surface area contributed by atoms with Gasteiger partial charge in [-0.05, 0) is 62.5 Å². The number of hydrogen-bond donors (Lipinski definition) is 1. The van der Waals surface area contributed by atoms with Crippen LogP contribution in [0, 0.1) is 11.8 Å². The van der Waals surface area contributed by atoms with Gasteiger partial charge in [0, 0.05) is 24.2 Å². The van der Waals surface area contributed by atoms with Gasteiger partial charge in [0.05, 0.1) is 5.56 Å². The average molecular weight is 371 g/mol. The fourth-order valence-corrected chi connectivity index (χ4v) is 4.88. The first-order valence-corrected chi connectivity index (χ1v) is 10.9. The molecule has 0 aromatic carbocycles.